The van der Waals surface area contributed by atoms with Gasteiger partial charge in [-0.25, -0.2) is 13.6 Å². The summed E-state index contributed by atoms with van der Waals surface area (Å²) in [6, 6.07) is 10.6. The van der Waals surface area contributed by atoms with Gasteiger partial charge in [0.2, 0.25) is 5.91 Å². The van der Waals surface area contributed by atoms with E-state index in [9.17, 15) is 22.6 Å². The number of hydrogen-bond donors (Lipinski definition) is 1. The Kier molecular flexibility index (Phi) is 7.60. The van der Waals surface area contributed by atoms with E-state index in [0.29, 0.717) is 11.0 Å². The summed E-state index contributed by atoms with van der Waals surface area (Å²) in [6.07, 6.45) is -0.271. The van der Waals surface area contributed by atoms with Crippen molar-refractivity contribution in [3.05, 3.63) is 65.7 Å². The molecule has 0 saturated heterocycles. The van der Waals surface area contributed by atoms with Gasteiger partial charge in [-0.05, 0) is 30.2 Å². The summed E-state index contributed by atoms with van der Waals surface area (Å²) in [6.45, 7) is 0. The van der Waals surface area contributed by atoms with Crippen LogP contribution in [0.3, 0.4) is 0 Å². The number of hydrogen-bond acceptors (Lipinski definition) is 4. The lowest BCUT2D eigenvalue weighted by Crippen LogP contribution is -2.43. The first-order chi connectivity index (χ1) is 12.9. The van der Waals surface area contributed by atoms with Crippen LogP contribution >= 0.6 is 0 Å². The maximum atomic E-state index is 13.7. The molecule has 27 heavy (non-hydrogen) atoms. The van der Waals surface area contributed by atoms with Crippen molar-refractivity contribution >= 4 is 22.7 Å². The van der Waals surface area contributed by atoms with Gasteiger partial charge in [0.1, 0.15) is 17.7 Å². The summed E-state index contributed by atoms with van der Waals surface area (Å²) in [5.41, 5.74) is 0.00498. The molecule has 1 N–H and O–H groups in total. The van der Waals surface area contributed by atoms with E-state index < -0.39 is 40.4 Å². The van der Waals surface area contributed by atoms with Crippen LogP contribution < -0.4 is 5.32 Å². The van der Waals surface area contributed by atoms with Gasteiger partial charge in [-0.2, -0.15) is 0 Å². The molecule has 2 aromatic carbocycles. The molecular formula is C19H19F2NO4S. The second-order valence-electron chi connectivity index (χ2n) is 5.71. The molecular weight excluding hydrogens is 376 g/mol. The van der Waals surface area contributed by atoms with Crippen molar-refractivity contribution in [3.63, 3.8) is 0 Å². The number of amides is 1. The summed E-state index contributed by atoms with van der Waals surface area (Å²) in [5.74, 6) is -2.76. The van der Waals surface area contributed by atoms with Gasteiger partial charge in [-0.15, -0.1) is 0 Å². The minimum atomic E-state index is -1.34. The zero-order valence-corrected chi connectivity index (χ0v) is 15.4. The highest BCUT2D eigenvalue weighted by atomic mass is 32.2. The van der Waals surface area contributed by atoms with Crippen molar-refractivity contribution in [2.75, 3.05) is 12.9 Å². The molecule has 0 fully saturated rings. The Morgan fingerprint density at radius 2 is 1.85 bits per heavy atom. The Hall–Kier alpha value is -2.61. The molecule has 1 amide bonds. The third kappa shape index (κ3) is 6.25. The lowest BCUT2D eigenvalue weighted by atomic mass is 10.1. The normalized spacial score (nSPS) is 12.9. The number of carbonyl (C=O) groups excluding carboxylic acids is 2. The summed E-state index contributed by atoms with van der Waals surface area (Å²) >= 11 is 0. The van der Waals surface area contributed by atoms with Crippen LogP contribution in [-0.4, -0.2) is 35.0 Å². The molecule has 2 aromatic rings. The Bertz CT molecular complexity index is 830. The number of methoxy groups -OCH3 is 1. The number of carbonyl (C=O) groups is 2. The van der Waals surface area contributed by atoms with E-state index >= 15 is 0 Å². The molecule has 0 saturated carbocycles. The van der Waals surface area contributed by atoms with Gasteiger partial charge in [-0.3, -0.25) is 9.00 Å². The minimum Gasteiger partial charge on any atom is -0.467 e. The Labute approximate surface area is 158 Å². The Balaban J connectivity index is 1.98. The first-order valence-corrected chi connectivity index (χ1v) is 9.47. The molecule has 0 aliphatic rings. The van der Waals surface area contributed by atoms with Crippen LogP contribution in [0.15, 0.2) is 53.4 Å². The highest BCUT2D eigenvalue weighted by Gasteiger charge is 2.23. The van der Waals surface area contributed by atoms with Crippen LogP contribution in [0.4, 0.5) is 8.78 Å². The van der Waals surface area contributed by atoms with E-state index in [1.54, 1.807) is 30.3 Å². The summed E-state index contributed by atoms with van der Waals surface area (Å²) < 4.78 is 43.5. The van der Waals surface area contributed by atoms with E-state index in [4.69, 9.17) is 0 Å². The van der Waals surface area contributed by atoms with Crippen molar-refractivity contribution in [3.8, 4) is 0 Å². The van der Waals surface area contributed by atoms with Gasteiger partial charge in [-0.1, -0.05) is 24.3 Å². The number of rotatable bonds is 8. The Morgan fingerprint density at radius 3 is 2.48 bits per heavy atom. The number of benzene rings is 2. The first-order valence-electron chi connectivity index (χ1n) is 8.15. The van der Waals surface area contributed by atoms with Crippen LogP contribution in [0.2, 0.25) is 0 Å². The number of ether oxygens (including phenoxy) is 1. The highest BCUT2D eigenvalue weighted by molar-refractivity contribution is 7.85. The summed E-state index contributed by atoms with van der Waals surface area (Å²) in [4.78, 5) is 24.7. The smallest absolute Gasteiger partial charge is 0.328 e. The fourth-order valence-electron chi connectivity index (χ4n) is 2.39. The monoisotopic (exact) mass is 395 g/mol. The standard InChI is InChI=1S/C19H19F2NO4S/c1-26-19(24)17(9-10-27(25)15-5-3-2-4-6-15)22-18(23)11-13-7-8-14(20)12-16(13)21/h2-8,12,17H,9-11H2,1H3,(H,22,23)/t17-,27+/m0/s1. The van der Waals surface area contributed by atoms with E-state index in [2.05, 4.69) is 10.1 Å². The average Bonchev–Trinajstić information content (AvgIpc) is 2.67. The largest absolute Gasteiger partial charge is 0.467 e. The van der Waals surface area contributed by atoms with Gasteiger partial charge < -0.3 is 10.1 Å². The maximum Gasteiger partial charge on any atom is 0.328 e. The molecule has 0 aliphatic heterocycles. The van der Waals surface area contributed by atoms with Crippen molar-refractivity contribution in [1.29, 1.82) is 0 Å². The molecule has 2 rings (SSSR count). The van der Waals surface area contributed by atoms with Gasteiger partial charge in [0.05, 0.1) is 24.3 Å². The number of nitrogens with one attached hydrogen (secondary N) is 1. The topological polar surface area (TPSA) is 72.5 Å². The van der Waals surface area contributed by atoms with Crippen LogP contribution in [0.5, 0.6) is 0 Å². The SMILES string of the molecule is COC(=O)[C@H](CC[S@@](=O)c1ccccc1)NC(=O)Cc1ccc(F)cc1F. The fourth-order valence-corrected chi connectivity index (χ4v) is 3.54. The first kappa shape index (κ1) is 20.7. The van der Waals surface area contributed by atoms with Gasteiger partial charge >= 0.3 is 5.97 Å². The molecule has 144 valence electrons. The van der Waals surface area contributed by atoms with Crippen LogP contribution in [0, 0.1) is 11.6 Å². The molecule has 0 radical (unpaired) electrons. The lowest BCUT2D eigenvalue weighted by molar-refractivity contribution is -0.145. The second-order valence-corrected chi connectivity index (χ2v) is 7.28. The van der Waals surface area contributed by atoms with Crippen molar-refractivity contribution < 1.29 is 27.3 Å². The van der Waals surface area contributed by atoms with Crippen molar-refractivity contribution in [2.24, 2.45) is 0 Å². The molecule has 0 bridgehead atoms. The summed E-state index contributed by atoms with van der Waals surface area (Å²) in [7, 11) is -0.166. The molecule has 2 atom stereocenters. The van der Waals surface area contributed by atoms with Crippen molar-refractivity contribution in [1.82, 2.24) is 5.32 Å². The highest BCUT2D eigenvalue weighted by Crippen LogP contribution is 2.11. The van der Waals surface area contributed by atoms with Crippen molar-refractivity contribution in [2.45, 2.75) is 23.8 Å². The lowest BCUT2D eigenvalue weighted by Gasteiger charge is -2.16. The predicted molar refractivity (Wildman–Crippen MR) is 96.3 cm³/mol. The van der Waals surface area contributed by atoms with E-state index in [1.165, 1.54) is 13.2 Å². The zero-order chi connectivity index (χ0) is 19.8. The average molecular weight is 395 g/mol. The fraction of sp³-hybridized carbons (Fsp3) is 0.263. The van der Waals surface area contributed by atoms with Gasteiger partial charge in [0.25, 0.3) is 0 Å². The van der Waals surface area contributed by atoms with E-state index in [-0.39, 0.29) is 24.2 Å². The van der Waals surface area contributed by atoms with Crippen LogP contribution in [0.25, 0.3) is 0 Å². The molecule has 0 aliphatic carbocycles. The van der Waals surface area contributed by atoms with Gasteiger partial charge in [0.15, 0.2) is 0 Å². The number of halogens is 2. The minimum absolute atomic E-state index is 0.00498. The number of esters is 1. The Morgan fingerprint density at radius 1 is 1.15 bits per heavy atom. The van der Waals surface area contributed by atoms with Crippen LogP contribution in [0.1, 0.15) is 12.0 Å². The molecule has 0 heterocycles. The maximum absolute atomic E-state index is 13.7. The molecule has 0 aromatic heterocycles. The van der Waals surface area contributed by atoms with Gasteiger partial charge in [0, 0.05) is 16.7 Å². The molecule has 5 nitrogen and oxygen atoms in total. The molecule has 0 unspecified atom stereocenters. The molecule has 8 heteroatoms. The predicted octanol–water partition coefficient (Wildman–Crippen LogP) is 2.36. The van der Waals surface area contributed by atoms with Crippen LogP contribution in [-0.2, 0) is 31.5 Å². The summed E-state index contributed by atoms with van der Waals surface area (Å²) in [5, 5.41) is 2.46. The zero-order valence-electron chi connectivity index (χ0n) is 14.6. The van der Waals surface area contributed by atoms with E-state index in [1.807, 2.05) is 0 Å². The molecule has 0 spiro atoms. The third-order valence-corrected chi connectivity index (χ3v) is 5.19. The quantitative estimate of drug-likeness (QED) is 0.697. The second kappa shape index (κ2) is 9.91. The van der Waals surface area contributed by atoms with E-state index in [0.717, 1.165) is 6.07 Å². The third-order valence-electron chi connectivity index (χ3n) is 3.79.